The fraction of sp³-hybridized carbons (Fsp3) is 0.0455. The summed E-state index contributed by atoms with van der Waals surface area (Å²) in [5.41, 5.74) is -2.60. The van der Waals surface area contributed by atoms with Crippen LogP contribution in [0.4, 0.5) is 22.0 Å². The highest BCUT2D eigenvalue weighted by Gasteiger charge is 2.41. The molecule has 0 aliphatic carbocycles. The number of benzene rings is 2. The minimum Gasteiger partial charge on any atom is -0.493 e. The van der Waals surface area contributed by atoms with Gasteiger partial charge >= 0.3 is 6.18 Å². The second-order valence-electron chi connectivity index (χ2n) is 7.14. The summed E-state index contributed by atoms with van der Waals surface area (Å²) in [6, 6.07) is 8.28. The highest BCUT2D eigenvalue weighted by molar-refractivity contribution is 7.13. The maximum atomic E-state index is 14.7. The summed E-state index contributed by atoms with van der Waals surface area (Å²) in [4.78, 5) is 3.90. The zero-order valence-corrected chi connectivity index (χ0v) is 18.6. The van der Waals surface area contributed by atoms with Crippen molar-refractivity contribution in [1.29, 1.82) is 0 Å². The lowest BCUT2D eigenvalue weighted by Gasteiger charge is -2.12. The normalized spacial score (nSPS) is 11.8. The first kappa shape index (κ1) is 23.0. The molecule has 0 aliphatic rings. The highest BCUT2D eigenvalue weighted by Crippen LogP contribution is 2.47. The second kappa shape index (κ2) is 8.47. The number of thiazole rings is 1. The fourth-order valence-electron chi connectivity index (χ4n) is 3.54. The minimum absolute atomic E-state index is 0.000278. The summed E-state index contributed by atoms with van der Waals surface area (Å²) in [7, 11) is 0. The van der Waals surface area contributed by atoms with E-state index in [0.29, 0.717) is 4.68 Å². The Labute approximate surface area is 201 Å². The van der Waals surface area contributed by atoms with Gasteiger partial charge in [0.15, 0.2) is 11.5 Å². The standard InChI is InChI=1S/C22H10ClF5N4O2S/c23-13-5-2-6-14(25)16(13)18-17(21-30-15(33)9-35-21)19(34-31-18)12-8-29-32(20(12)22(26,27)28)11-4-1-3-10(24)7-11/h1-9,33H. The van der Waals surface area contributed by atoms with Crippen LogP contribution in [0.15, 0.2) is 58.6 Å². The molecule has 0 amide bonds. The SMILES string of the molecule is Oc1csc(-c2c(-c3c(F)cccc3Cl)noc2-c2cnn(-c3cccc(F)c3)c2C(F)(F)F)n1. The van der Waals surface area contributed by atoms with E-state index in [9.17, 15) is 27.1 Å². The molecule has 1 N–H and O–H groups in total. The van der Waals surface area contributed by atoms with Crippen molar-refractivity contribution < 1.29 is 31.6 Å². The number of alkyl halides is 3. The molecule has 13 heteroatoms. The van der Waals surface area contributed by atoms with Gasteiger partial charge in [-0.05, 0) is 30.3 Å². The van der Waals surface area contributed by atoms with Crippen molar-refractivity contribution in [3.8, 4) is 44.7 Å². The Balaban J connectivity index is 1.81. The van der Waals surface area contributed by atoms with E-state index in [0.717, 1.165) is 35.7 Å². The average Bonchev–Trinajstić information content (AvgIpc) is 3.50. The van der Waals surface area contributed by atoms with Crippen LogP contribution in [-0.2, 0) is 6.18 Å². The lowest BCUT2D eigenvalue weighted by Crippen LogP contribution is -2.14. The van der Waals surface area contributed by atoms with Crippen molar-refractivity contribution in [3.63, 3.8) is 0 Å². The predicted octanol–water partition coefficient (Wildman–Crippen LogP) is 6.97. The van der Waals surface area contributed by atoms with E-state index >= 15 is 0 Å². The van der Waals surface area contributed by atoms with Gasteiger partial charge in [0.25, 0.3) is 0 Å². The van der Waals surface area contributed by atoms with Gasteiger partial charge in [-0.2, -0.15) is 18.3 Å². The number of hydrogen-bond acceptors (Lipinski definition) is 6. The third kappa shape index (κ3) is 4.04. The molecule has 0 fully saturated rings. The molecule has 6 nitrogen and oxygen atoms in total. The van der Waals surface area contributed by atoms with E-state index in [1.807, 2.05) is 0 Å². The van der Waals surface area contributed by atoms with Crippen LogP contribution < -0.4 is 0 Å². The van der Waals surface area contributed by atoms with E-state index in [1.54, 1.807) is 0 Å². The maximum Gasteiger partial charge on any atom is 0.434 e. The second-order valence-corrected chi connectivity index (χ2v) is 8.40. The first-order valence-electron chi connectivity index (χ1n) is 9.65. The van der Waals surface area contributed by atoms with Crippen LogP contribution in [0.1, 0.15) is 5.69 Å². The van der Waals surface area contributed by atoms with Crippen molar-refractivity contribution >= 4 is 22.9 Å². The molecule has 5 aromatic rings. The van der Waals surface area contributed by atoms with Crippen LogP contribution in [0.3, 0.4) is 0 Å². The zero-order valence-electron chi connectivity index (χ0n) is 17.0. The van der Waals surface area contributed by atoms with E-state index in [1.165, 1.54) is 29.6 Å². The highest BCUT2D eigenvalue weighted by atomic mass is 35.5. The Bertz CT molecular complexity index is 1540. The van der Waals surface area contributed by atoms with Gasteiger partial charge in [-0.1, -0.05) is 28.9 Å². The van der Waals surface area contributed by atoms with Crippen LogP contribution >= 0.6 is 22.9 Å². The largest absolute Gasteiger partial charge is 0.493 e. The van der Waals surface area contributed by atoms with Crippen molar-refractivity contribution in [3.05, 3.63) is 76.4 Å². The number of hydrogen-bond donors (Lipinski definition) is 1. The molecule has 0 atom stereocenters. The first-order chi connectivity index (χ1) is 16.6. The summed E-state index contributed by atoms with van der Waals surface area (Å²) in [5.74, 6) is -2.41. The maximum absolute atomic E-state index is 14.7. The summed E-state index contributed by atoms with van der Waals surface area (Å²) in [6.45, 7) is 0. The predicted molar refractivity (Wildman–Crippen MR) is 117 cm³/mol. The van der Waals surface area contributed by atoms with Crippen LogP contribution in [0.25, 0.3) is 38.8 Å². The molecule has 3 heterocycles. The Morgan fingerprint density at radius 1 is 1.06 bits per heavy atom. The number of aromatic hydroxyl groups is 1. The number of nitrogens with zero attached hydrogens (tertiary/aromatic N) is 4. The lowest BCUT2D eigenvalue weighted by atomic mass is 10.0. The molecule has 2 aromatic carbocycles. The molecule has 0 radical (unpaired) electrons. The average molecular weight is 525 g/mol. The molecule has 0 aliphatic heterocycles. The van der Waals surface area contributed by atoms with Crippen LogP contribution in [0.5, 0.6) is 5.88 Å². The summed E-state index contributed by atoms with van der Waals surface area (Å²) >= 11 is 7.04. The van der Waals surface area contributed by atoms with Gasteiger partial charge in [-0.25, -0.2) is 18.4 Å². The topological polar surface area (TPSA) is 77.0 Å². The monoisotopic (exact) mass is 524 g/mol. The Kier molecular flexibility index (Phi) is 5.56. The Morgan fingerprint density at radius 3 is 2.49 bits per heavy atom. The van der Waals surface area contributed by atoms with Crippen LogP contribution in [0, 0.1) is 11.6 Å². The number of aromatic nitrogens is 4. The summed E-state index contributed by atoms with van der Waals surface area (Å²) in [5, 5.41) is 18.5. The van der Waals surface area contributed by atoms with E-state index in [4.69, 9.17) is 16.1 Å². The third-order valence-corrected chi connectivity index (χ3v) is 6.10. The van der Waals surface area contributed by atoms with Gasteiger partial charge in [-0.15, -0.1) is 11.3 Å². The van der Waals surface area contributed by atoms with Crippen molar-refractivity contribution in [2.75, 3.05) is 0 Å². The van der Waals surface area contributed by atoms with Crippen LogP contribution in [-0.4, -0.2) is 25.0 Å². The van der Waals surface area contributed by atoms with Gasteiger partial charge in [0.2, 0.25) is 5.88 Å². The zero-order chi connectivity index (χ0) is 24.9. The van der Waals surface area contributed by atoms with Gasteiger partial charge in [-0.3, -0.25) is 0 Å². The molecule has 35 heavy (non-hydrogen) atoms. The lowest BCUT2D eigenvalue weighted by molar-refractivity contribution is -0.142. The van der Waals surface area contributed by atoms with Gasteiger partial charge < -0.3 is 9.63 Å². The molecule has 0 unspecified atom stereocenters. The number of rotatable bonds is 4. The minimum atomic E-state index is -4.97. The van der Waals surface area contributed by atoms with E-state index in [2.05, 4.69) is 15.2 Å². The molecule has 3 aromatic heterocycles. The molecule has 0 bridgehead atoms. The molecule has 178 valence electrons. The molecule has 0 saturated carbocycles. The van der Waals surface area contributed by atoms with Crippen molar-refractivity contribution in [1.82, 2.24) is 19.9 Å². The third-order valence-electron chi connectivity index (χ3n) is 4.93. The van der Waals surface area contributed by atoms with Crippen molar-refractivity contribution in [2.45, 2.75) is 6.18 Å². The fourth-order valence-corrected chi connectivity index (χ4v) is 4.51. The molecular weight excluding hydrogens is 515 g/mol. The van der Waals surface area contributed by atoms with Crippen molar-refractivity contribution in [2.24, 2.45) is 0 Å². The number of halogens is 6. The van der Waals surface area contributed by atoms with Gasteiger partial charge in [0.05, 0.1) is 39.0 Å². The van der Waals surface area contributed by atoms with E-state index in [-0.39, 0.29) is 32.5 Å². The summed E-state index contributed by atoms with van der Waals surface area (Å²) in [6.07, 6.45) is -4.10. The Morgan fingerprint density at radius 2 is 1.83 bits per heavy atom. The molecule has 5 rings (SSSR count). The smallest absolute Gasteiger partial charge is 0.434 e. The van der Waals surface area contributed by atoms with Gasteiger partial charge in [0, 0.05) is 0 Å². The molecule has 0 spiro atoms. The first-order valence-corrected chi connectivity index (χ1v) is 10.9. The Hall–Kier alpha value is -3.77. The molecule has 0 saturated heterocycles. The van der Waals surface area contributed by atoms with Crippen LogP contribution in [0.2, 0.25) is 5.02 Å². The quantitative estimate of drug-likeness (QED) is 0.257. The summed E-state index contributed by atoms with van der Waals surface area (Å²) < 4.78 is 77.0. The molecular formula is C22H10ClF5N4O2S. The van der Waals surface area contributed by atoms with E-state index < -0.39 is 40.7 Å². The van der Waals surface area contributed by atoms with Gasteiger partial charge in [0.1, 0.15) is 22.3 Å².